The van der Waals surface area contributed by atoms with Crippen LogP contribution in [-0.4, -0.2) is 87.0 Å². The minimum Gasteiger partial charge on any atom is -0.463 e. The number of hydrogen-bond acceptors (Lipinski definition) is 8. The van der Waals surface area contributed by atoms with E-state index in [1.165, 1.54) is 5.56 Å². The summed E-state index contributed by atoms with van der Waals surface area (Å²) in [5, 5.41) is 6.82. The molecule has 0 spiro atoms. The summed E-state index contributed by atoms with van der Waals surface area (Å²) in [6.45, 7) is 11.2. The quantitative estimate of drug-likeness (QED) is 0.665. The molecular weight excluding hydrogens is 332 g/mol. The molecule has 4 rings (SSSR count). The van der Waals surface area contributed by atoms with E-state index >= 15 is 0 Å². The number of ether oxygens (including phenoxy) is 2. The molecule has 0 bridgehead atoms. The van der Waals surface area contributed by atoms with Gasteiger partial charge in [0.2, 0.25) is 0 Å². The average Bonchev–Trinajstić information content (AvgIpc) is 2.72. The highest BCUT2D eigenvalue weighted by atomic mass is 16.5. The normalized spacial score (nSPS) is 21.5. The second-order valence-electron chi connectivity index (χ2n) is 7.07. The smallest absolute Gasteiger partial charge is 0.318 e. The van der Waals surface area contributed by atoms with Gasteiger partial charge in [0.25, 0.3) is 0 Å². The third-order valence-electron chi connectivity index (χ3n) is 5.26. The van der Waals surface area contributed by atoms with E-state index in [0.717, 1.165) is 96.5 Å². The van der Waals surface area contributed by atoms with Gasteiger partial charge in [-0.05, 0) is 19.4 Å². The van der Waals surface area contributed by atoms with Crippen LogP contribution in [0.2, 0.25) is 0 Å². The molecule has 1 aromatic rings. The molecule has 8 nitrogen and oxygen atoms in total. The van der Waals surface area contributed by atoms with Crippen LogP contribution >= 0.6 is 0 Å². The Hall–Kier alpha value is -1.48. The van der Waals surface area contributed by atoms with Crippen LogP contribution < -0.4 is 20.3 Å². The van der Waals surface area contributed by atoms with Gasteiger partial charge in [-0.3, -0.25) is 4.90 Å². The molecule has 0 atom stereocenters. The zero-order valence-corrected chi connectivity index (χ0v) is 15.5. The fourth-order valence-electron chi connectivity index (χ4n) is 3.80. The third kappa shape index (κ3) is 4.43. The van der Waals surface area contributed by atoms with Crippen LogP contribution in [-0.2, 0) is 17.7 Å². The highest BCUT2D eigenvalue weighted by Gasteiger charge is 2.23. The van der Waals surface area contributed by atoms with Crippen LogP contribution in [0.5, 0.6) is 6.01 Å². The van der Waals surface area contributed by atoms with Crippen molar-refractivity contribution in [2.75, 3.05) is 77.1 Å². The van der Waals surface area contributed by atoms with Crippen LogP contribution in [0.15, 0.2) is 0 Å². The zero-order valence-electron chi connectivity index (χ0n) is 15.5. The Labute approximate surface area is 155 Å². The first-order chi connectivity index (χ1) is 12.9. The summed E-state index contributed by atoms with van der Waals surface area (Å²) in [5.74, 6) is 1.08. The Bertz CT molecular complexity index is 587. The van der Waals surface area contributed by atoms with Crippen molar-refractivity contribution in [3.63, 3.8) is 0 Å². The number of aromatic nitrogens is 2. The second kappa shape index (κ2) is 8.94. The average molecular weight is 362 g/mol. The minimum absolute atomic E-state index is 0.531. The Morgan fingerprint density at radius 2 is 1.85 bits per heavy atom. The number of nitrogens with zero attached hydrogens (tertiary/aromatic N) is 4. The third-order valence-corrected chi connectivity index (χ3v) is 5.26. The minimum atomic E-state index is 0.531. The zero-order chi connectivity index (χ0) is 17.6. The summed E-state index contributed by atoms with van der Waals surface area (Å²) in [4.78, 5) is 14.3. The Kier molecular flexibility index (Phi) is 6.16. The van der Waals surface area contributed by atoms with Crippen molar-refractivity contribution in [3.8, 4) is 6.01 Å². The van der Waals surface area contributed by atoms with Crippen LogP contribution in [0, 0.1) is 0 Å². The molecule has 4 heterocycles. The van der Waals surface area contributed by atoms with Crippen molar-refractivity contribution in [2.45, 2.75) is 19.4 Å². The molecule has 3 aliphatic heterocycles. The first-order valence-corrected chi connectivity index (χ1v) is 9.89. The fraction of sp³-hybridized carbons (Fsp3) is 0.778. The van der Waals surface area contributed by atoms with E-state index in [9.17, 15) is 0 Å². The van der Waals surface area contributed by atoms with Crippen LogP contribution in [0.3, 0.4) is 0 Å². The van der Waals surface area contributed by atoms with Crippen LogP contribution in [0.1, 0.15) is 17.7 Å². The van der Waals surface area contributed by atoms with E-state index in [-0.39, 0.29) is 0 Å². The van der Waals surface area contributed by atoms with Gasteiger partial charge in [-0.15, -0.1) is 0 Å². The maximum absolute atomic E-state index is 5.94. The van der Waals surface area contributed by atoms with Crippen LogP contribution in [0.25, 0.3) is 0 Å². The highest BCUT2D eigenvalue weighted by molar-refractivity contribution is 5.51. The molecule has 0 unspecified atom stereocenters. The van der Waals surface area contributed by atoms with Crippen molar-refractivity contribution >= 4 is 5.82 Å². The van der Waals surface area contributed by atoms with Crippen molar-refractivity contribution in [3.05, 3.63) is 11.3 Å². The summed E-state index contributed by atoms with van der Waals surface area (Å²) in [6.07, 6.45) is 1.98. The molecule has 0 radical (unpaired) electrons. The number of nitrogens with one attached hydrogen (secondary N) is 2. The van der Waals surface area contributed by atoms with E-state index in [1.54, 1.807) is 0 Å². The van der Waals surface area contributed by atoms with Gasteiger partial charge in [0, 0.05) is 57.9 Å². The van der Waals surface area contributed by atoms with E-state index < -0.39 is 0 Å². The molecule has 0 amide bonds. The largest absolute Gasteiger partial charge is 0.463 e. The van der Waals surface area contributed by atoms with E-state index in [1.807, 2.05) is 0 Å². The van der Waals surface area contributed by atoms with Gasteiger partial charge in [-0.25, -0.2) is 0 Å². The molecule has 3 aliphatic rings. The van der Waals surface area contributed by atoms with Crippen molar-refractivity contribution in [1.82, 2.24) is 25.5 Å². The fourth-order valence-corrected chi connectivity index (χ4v) is 3.80. The Morgan fingerprint density at radius 1 is 1.00 bits per heavy atom. The van der Waals surface area contributed by atoms with E-state index in [2.05, 4.69) is 25.4 Å². The summed E-state index contributed by atoms with van der Waals surface area (Å²) in [5.41, 5.74) is 2.40. The molecular formula is C18H30N6O2. The lowest BCUT2D eigenvalue weighted by molar-refractivity contribution is 0.0356. The Balaban J connectivity index is 1.39. The SMILES string of the molecule is C(COc1nc2c(c(N3CCNCC3)n1)CCNC2)CN1CCOCC1. The number of rotatable bonds is 6. The van der Waals surface area contributed by atoms with Crippen LogP contribution in [0.4, 0.5) is 5.82 Å². The van der Waals surface area contributed by atoms with Gasteiger partial charge in [-0.1, -0.05) is 0 Å². The molecule has 8 heteroatoms. The van der Waals surface area contributed by atoms with E-state index in [0.29, 0.717) is 12.6 Å². The molecule has 2 N–H and O–H groups in total. The van der Waals surface area contributed by atoms with Crippen molar-refractivity contribution in [2.24, 2.45) is 0 Å². The molecule has 26 heavy (non-hydrogen) atoms. The molecule has 1 aromatic heterocycles. The summed E-state index contributed by atoms with van der Waals surface area (Å²) in [7, 11) is 0. The predicted octanol–water partition coefficient (Wildman–Crippen LogP) is -0.367. The molecule has 144 valence electrons. The lowest BCUT2D eigenvalue weighted by atomic mass is 10.1. The first kappa shape index (κ1) is 17.9. The van der Waals surface area contributed by atoms with Gasteiger partial charge in [0.15, 0.2) is 0 Å². The first-order valence-electron chi connectivity index (χ1n) is 9.89. The van der Waals surface area contributed by atoms with Gasteiger partial charge in [0.05, 0.1) is 25.5 Å². The maximum atomic E-state index is 5.94. The molecule has 0 saturated carbocycles. The number of anilines is 1. The van der Waals surface area contributed by atoms with E-state index in [4.69, 9.17) is 14.5 Å². The molecule has 0 aromatic carbocycles. The Morgan fingerprint density at radius 3 is 2.69 bits per heavy atom. The summed E-state index contributed by atoms with van der Waals surface area (Å²) >= 11 is 0. The highest BCUT2D eigenvalue weighted by Crippen LogP contribution is 2.26. The number of hydrogen-bond donors (Lipinski definition) is 2. The summed E-state index contributed by atoms with van der Waals surface area (Å²) in [6, 6.07) is 0.531. The van der Waals surface area contributed by atoms with Crippen molar-refractivity contribution < 1.29 is 9.47 Å². The topological polar surface area (TPSA) is 74.8 Å². The predicted molar refractivity (Wildman–Crippen MR) is 99.9 cm³/mol. The number of fused-ring (bicyclic) bond motifs is 1. The maximum Gasteiger partial charge on any atom is 0.318 e. The van der Waals surface area contributed by atoms with Gasteiger partial charge in [0.1, 0.15) is 5.82 Å². The monoisotopic (exact) mass is 362 g/mol. The lowest BCUT2D eigenvalue weighted by Crippen LogP contribution is -2.45. The number of piperazine rings is 1. The van der Waals surface area contributed by atoms with Gasteiger partial charge < -0.3 is 25.0 Å². The standard InChI is InChI=1S/C18H30N6O2/c1(6-23-9-12-25-13-10-23)11-26-18-21-16-14-20-3-2-15(16)17(22-18)24-7-4-19-5-8-24/h19-20H,1-14H2. The van der Waals surface area contributed by atoms with Crippen molar-refractivity contribution in [1.29, 1.82) is 0 Å². The summed E-state index contributed by atoms with van der Waals surface area (Å²) < 4.78 is 11.3. The molecule has 2 saturated heterocycles. The second-order valence-corrected chi connectivity index (χ2v) is 7.07. The number of morpholine rings is 1. The van der Waals surface area contributed by atoms with Gasteiger partial charge >= 0.3 is 6.01 Å². The molecule has 0 aliphatic carbocycles. The van der Waals surface area contributed by atoms with Gasteiger partial charge in [-0.2, -0.15) is 9.97 Å². The molecule has 2 fully saturated rings. The lowest BCUT2D eigenvalue weighted by Gasteiger charge is -2.32.